The fraction of sp³-hybridized carbons (Fsp3) is 0.412. The number of nitro groups is 1. The van der Waals surface area contributed by atoms with Crippen LogP contribution in [-0.4, -0.2) is 41.5 Å². The second-order valence-corrected chi connectivity index (χ2v) is 6.28. The lowest BCUT2D eigenvalue weighted by atomic mass is 10.1. The van der Waals surface area contributed by atoms with Gasteiger partial charge in [-0.2, -0.15) is 0 Å². The summed E-state index contributed by atoms with van der Waals surface area (Å²) in [5.41, 5.74) is 0.152. The molecule has 1 saturated heterocycles. The van der Waals surface area contributed by atoms with Crippen molar-refractivity contribution in [1.29, 1.82) is 0 Å². The van der Waals surface area contributed by atoms with Gasteiger partial charge in [-0.3, -0.25) is 14.9 Å². The van der Waals surface area contributed by atoms with Crippen LogP contribution in [0.15, 0.2) is 36.9 Å². The van der Waals surface area contributed by atoms with Crippen LogP contribution in [0, 0.1) is 16.0 Å². The maximum atomic E-state index is 12.1. The Morgan fingerprint density at radius 2 is 2.04 bits per heavy atom. The van der Waals surface area contributed by atoms with E-state index in [9.17, 15) is 19.7 Å². The highest BCUT2D eigenvalue weighted by molar-refractivity contribution is 5.90. The maximum Gasteiger partial charge on any atom is 0.338 e. The van der Waals surface area contributed by atoms with Crippen molar-refractivity contribution in [1.82, 2.24) is 10.6 Å². The maximum absolute atomic E-state index is 12.1. The lowest BCUT2D eigenvalue weighted by molar-refractivity contribution is -0.384. The first kappa shape index (κ1) is 17.1. The minimum Gasteiger partial charge on any atom is -0.457 e. The van der Waals surface area contributed by atoms with Gasteiger partial charge in [-0.25, -0.2) is 4.79 Å². The fourth-order valence-corrected chi connectivity index (χ4v) is 2.86. The number of carbonyl (C=O) groups is 2. The summed E-state index contributed by atoms with van der Waals surface area (Å²) in [6.07, 6.45) is 2.74. The van der Waals surface area contributed by atoms with Gasteiger partial charge in [0.25, 0.3) is 5.69 Å². The van der Waals surface area contributed by atoms with E-state index in [1.807, 2.05) is 6.08 Å². The van der Waals surface area contributed by atoms with E-state index in [1.165, 1.54) is 24.3 Å². The van der Waals surface area contributed by atoms with E-state index in [0.29, 0.717) is 18.9 Å². The molecule has 132 valence electrons. The van der Waals surface area contributed by atoms with Crippen LogP contribution in [0.1, 0.15) is 23.2 Å². The molecule has 2 aliphatic rings. The normalized spacial score (nSPS) is 27.4. The van der Waals surface area contributed by atoms with Crippen LogP contribution >= 0.6 is 0 Å². The fourth-order valence-electron chi connectivity index (χ4n) is 2.86. The number of non-ortho nitro benzene ring substituents is 1. The molecule has 3 unspecified atom stereocenters. The third-order valence-corrected chi connectivity index (χ3v) is 4.46. The molecule has 2 fully saturated rings. The number of hydrogen-bond acceptors (Lipinski definition) is 6. The van der Waals surface area contributed by atoms with Gasteiger partial charge < -0.3 is 15.4 Å². The van der Waals surface area contributed by atoms with Crippen molar-refractivity contribution >= 4 is 17.6 Å². The minimum absolute atomic E-state index is 0.0891. The van der Waals surface area contributed by atoms with Crippen LogP contribution in [0.3, 0.4) is 0 Å². The Balaban J connectivity index is 1.49. The van der Waals surface area contributed by atoms with Gasteiger partial charge in [0.2, 0.25) is 5.91 Å². The quantitative estimate of drug-likeness (QED) is 0.347. The molecule has 1 amide bonds. The summed E-state index contributed by atoms with van der Waals surface area (Å²) in [5.74, 6) is -0.305. The average molecular weight is 345 g/mol. The molecule has 3 rings (SSSR count). The van der Waals surface area contributed by atoms with Crippen LogP contribution in [0.2, 0.25) is 0 Å². The predicted molar refractivity (Wildman–Crippen MR) is 88.9 cm³/mol. The number of carbonyl (C=O) groups excluding carboxylic acids is 2. The summed E-state index contributed by atoms with van der Waals surface area (Å²) in [6, 6.07) is 5.00. The molecule has 1 aromatic rings. The molecule has 1 heterocycles. The number of benzene rings is 1. The van der Waals surface area contributed by atoms with Crippen LogP contribution in [0.4, 0.5) is 5.69 Å². The topological polar surface area (TPSA) is 111 Å². The summed E-state index contributed by atoms with van der Waals surface area (Å²) in [7, 11) is 0. The van der Waals surface area contributed by atoms with Crippen LogP contribution in [-0.2, 0) is 9.53 Å². The van der Waals surface area contributed by atoms with Crippen molar-refractivity contribution in [3.8, 4) is 0 Å². The van der Waals surface area contributed by atoms with Gasteiger partial charge in [0.15, 0.2) is 0 Å². The first-order valence-corrected chi connectivity index (χ1v) is 8.09. The summed E-state index contributed by atoms with van der Waals surface area (Å²) >= 11 is 0. The van der Waals surface area contributed by atoms with E-state index in [1.54, 1.807) is 0 Å². The molecule has 0 radical (unpaired) electrons. The molecule has 8 heteroatoms. The Bertz CT molecular complexity index is 703. The third kappa shape index (κ3) is 4.03. The van der Waals surface area contributed by atoms with Gasteiger partial charge in [-0.15, -0.1) is 6.58 Å². The van der Waals surface area contributed by atoms with E-state index in [-0.39, 0.29) is 29.2 Å². The zero-order valence-corrected chi connectivity index (χ0v) is 13.5. The van der Waals surface area contributed by atoms with E-state index in [2.05, 4.69) is 17.2 Å². The summed E-state index contributed by atoms with van der Waals surface area (Å²) in [5, 5.41) is 16.6. The van der Waals surface area contributed by atoms with Crippen LogP contribution in [0.25, 0.3) is 0 Å². The van der Waals surface area contributed by atoms with Crippen molar-refractivity contribution in [3.05, 3.63) is 52.6 Å². The summed E-state index contributed by atoms with van der Waals surface area (Å²) in [6.45, 7) is 4.10. The first-order valence-electron chi connectivity index (χ1n) is 8.09. The minimum atomic E-state index is -0.559. The van der Waals surface area contributed by atoms with Crippen LogP contribution in [0.5, 0.6) is 0 Å². The number of ether oxygens (including phenoxy) is 1. The Hall–Kier alpha value is -2.74. The number of nitro benzene ring substituents is 1. The van der Waals surface area contributed by atoms with Crippen molar-refractivity contribution in [2.45, 2.75) is 31.0 Å². The zero-order chi connectivity index (χ0) is 18.0. The molecule has 0 spiro atoms. The standard InChI is InChI=1S/C17H19N3O5/c1-2-10-7-14(10)19-16(21)15-8-13(9-18-15)25-17(22)11-3-5-12(6-4-11)20(23)24/h2-6,10,13-15,18H,1,7-9H2,(H,19,21)/t10-,13?,14?,15?/m1/s1. The molecule has 0 bridgehead atoms. The summed E-state index contributed by atoms with van der Waals surface area (Å²) in [4.78, 5) is 34.3. The molecule has 8 nitrogen and oxygen atoms in total. The Morgan fingerprint density at radius 1 is 1.32 bits per heavy atom. The van der Waals surface area contributed by atoms with Gasteiger partial charge in [0, 0.05) is 31.1 Å². The number of rotatable bonds is 6. The lowest BCUT2D eigenvalue weighted by Gasteiger charge is -2.12. The molecule has 1 saturated carbocycles. The number of nitrogens with one attached hydrogen (secondary N) is 2. The van der Waals surface area contributed by atoms with Gasteiger partial charge >= 0.3 is 5.97 Å². The SMILES string of the molecule is C=C[C@@H]1CC1NC(=O)C1CC(OC(=O)c2ccc([N+](=O)[O-])cc2)CN1. The number of amides is 1. The predicted octanol–water partition coefficient (Wildman–Crippen LogP) is 1.17. The smallest absolute Gasteiger partial charge is 0.338 e. The lowest BCUT2D eigenvalue weighted by Crippen LogP contribution is -2.41. The summed E-state index contributed by atoms with van der Waals surface area (Å²) < 4.78 is 5.37. The molecule has 4 atom stereocenters. The van der Waals surface area contributed by atoms with E-state index >= 15 is 0 Å². The second kappa shape index (κ2) is 7.02. The highest BCUT2D eigenvalue weighted by Crippen LogP contribution is 2.31. The first-order chi connectivity index (χ1) is 12.0. The Kier molecular flexibility index (Phi) is 4.80. The molecule has 2 N–H and O–H groups in total. The van der Waals surface area contributed by atoms with Gasteiger partial charge in [-0.1, -0.05) is 6.08 Å². The van der Waals surface area contributed by atoms with Gasteiger partial charge in [0.05, 0.1) is 16.5 Å². The Morgan fingerprint density at radius 3 is 2.64 bits per heavy atom. The molecular weight excluding hydrogens is 326 g/mol. The number of nitrogens with zero attached hydrogens (tertiary/aromatic N) is 1. The van der Waals surface area contributed by atoms with Gasteiger partial charge in [0.1, 0.15) is 6.10 Å². The van der Waals surface area contributed by atoms with Crippen molar-refractivity contribution in [2.24, 2.45) is 5.92 Å². The van der Waals surface area contributed by atoms with E-state index in [4.69, 9.17) is 4.74 Å². The highest BCUT2D eigenvalue weighted by atomic mass is 16.6. The zero-order valence-electron chi connectivity index (χ0n) is 13.5. The monoisotopic (exact) mass is 345 g/mol. The van der Waals surface area contributed by atoms with Crippen molar-refractivity contribution < 1.29 is 19.2 Å². The van der Waals surface area contributed by atoms with Crippen molar-refractivity contribution in [3.63, 3.8) is 0 Å². The number of hydrogen-bond donors (Lipinski definition) is 2. The molecule has 1 aliphatic heterocycles. The third-order valence-electron chi connectivity index (χ3n) is 4.46. The van der Waals surface area contributed by atoms with E-state index < -0.39 is 17.0 Å². The number of esters is 1. The molecule has 1 aliphatic carbocycles. The van der Waals surface area contributed by atoms with E-state index in [0.717, 1.165) is 6.42 Å². The molecule has 0 aromatic heterocycles. The molecule has 1 aromatic carbocycles. The van der Waals surface area contributed by atoms with Gasteiger partial charge in [-0.05, 0) is 24.5 Å². The highest BCUT2D eigenvalue weighted by Gasteiger charge is 2.39. The Labute approximate surface area is 144 Å². The average Bonchev–Trinajstić information content (AvgIpc) is 3.19. The van der Waals surface area contributed by atoms with Crippen molar-refractivity contribution in [2.75, 3.05) is 6.54 Å². The second-order valence-electron chi connectivity index (χ2n) is 6.28. The molecular formula is C17H19N3O5. The largest absolute Gasteiger partial charge is 0.457 e. The van der Waals surface area contributed by atoms with Crippen LogP contribution < -0.4 is 10.6 Å². The molecule has 25 heavy (non-hydrogen) atoms.